The molecule has 0 N–H and O–H groups in total. The van der Waals surface area contributed by atoms with E-state index in [1.54, 1.807) is 21.3 Å². The first-order valence-corrected chi connectivity index (χ1v) is 3.79. The fraction of sp³-hybridized carbons (Fsp3) is 1.00. The number of hydrogen-bond donors (Lipinski definition) is 0. The molecule has 3 nitrogen and oxygen atoms in total. The second-order valence-electron chi connectivity index (χ2n) is 3.23. The van der Waals surface area contributed by atoms with Crippen LogP contribution >= 0.6 is 0 Å². The molecule has 0 aliphatic heterocycles. The SMILES string of the molecule is COC(OC)(OC)C1(C)CC1. The summed E-state index contributed by atoms with van der Waals surface area (Å²) in [6.45, 7) is 2.10. The molecule has 1 aliphatic carbocycles. The fourth-order valence-corrected chi connectivity index (χ4v) is 1.48. The van der Waals surface area contributed by atoms with Crippen molar-refractivity contribution < 1.29 is 14.2 Å². The van der Waals surface area contributed by atoms with Crippen molar-refractivity contribution in [2.45, 2.75) is 25.7 Å². The van der Waals surface area contributed by atoms with Gasteiger partial charge in [0.25, 0.3) is 5.97 Å². The van der Waals surface area contributed by atoms with Crippen molar-refractivity contribution in [3.63, 3.8) is 0 Å². The zero-order valence-electron chi connectivity index (χ0n) is 7.64. The minimum Gasteiger partial charge on any atom is -0.330 e. The molecular formula is C8H16O3. The zero-order valence-corrected chi connectivity index (χ0v) is 7.64. The number of rotatable bonds is 4. The molecule has 0 spiro atoms. The van der Waals surface area contributed by atoms with Crippen molar-refractivity contribution in [2.75, 3.05) is 21.3 Å². The third kappa shape index (κ3) is 1.17. The molecule has 3 heteroatoms. The number of hydrogen-bond acceptors (Lipinski definition) is 3. The van der Waals surface area contributed by atoms with Gasteiger partial charge in [0.15, 0.2) is 0 Å². The van der Waals surface area contributed by atoms with Gasteiger partial charge in [-0.2, -0.15) is 0 Å². The summed E-state index contributed by atoms with van der Waals surface area (Å²) in [7, 11) is 4.82. The largest absolute Gasteiger partial charge is 0.330 e. The van der Waals surface area contributed by atoms with E-state index < -0.39 is 5.97 Å². The van der Waals surface area contributed by atoms with Crippen LogP contribution in [-0.2, 0) is 14.2 Å². The molecule has 66 valence electrons. The smallest absolute Gasteiger partial charge is 0.287 e. The highest BCUT2D eigenvalue weighted by Crippen LogP contribution is 2.55. The van der Waals surface area contributed by atoms with Crippen molar-refractivity contribution in [2.24, 2.45) is 5.41 Å². The van der Waals surface area contributed by atoms with Crippen molar-refractivity contribution in [1.29, 1.82) is 0 Å². The normalized spacial score (nSPS) is 21.8. The van der Waals surface area contributed by atoms with E-state index in [-0.39, 0.29) is 5.41 Å². The lowest BCUT2D eigenvalue weighted by Gasteiger charge is -2.34. The second-order valence-corrected chi connectivity index (χ2v) is 3.23. The predicted octanol–water partition coefficient (Wildman–Crippen LogP) is 1.38. The third-order valence-corrected chi connectivity index (χ3v) is 2.55. The summed E-state index contributed by atoms with van der Waals surface area (Å²) < 4.78 is 15.7. The molecule has 1 rings (SSSR count). The van der Waals surface area contributed by atoms with Crippen LogP contribution in [0.2, 0.25) is 0 Å². The van der Waals surface area contributed by atoms with Gasteiger partial charge in [-0.3, -0.25) is 0 Å². The Morgan fingerprint density at radius 2 is 1.36 bits per heavy atom. The van der Waals surface area contributed by atoms with Crippen LogP contribution in [0.3, 0.4) is 0 Å². The van der Waals surface area contributed by atoms with Crippen LogP contribution in [0.15, 0.2) is 0 Å². The van der Waals surface area contributed by atoms with Crippen LogP contribution in [0.25, 0.3) is 0 Å². The average molecular weight is 160 g/mol. The Balaban J connectivity index is 2.71. The Bertz CT molecular complexity index is 128. The van der Waals surface area contributed by atoms with E-state index in [0.717, 1.165) is 12.8 Å². The molecule has 0 radical (unpaired) electrons. The van der Waals surface area contributed by atoms with Crippen LogP contribution < -0.4 is 0 Å². The maximum Gasteiger partial charge on any atom is 0.287 e. The summed E-state index contributed by atoms with van der Waals surface area (Å²) in [5.41, 5.74) is 0.0469. The van der Waals surface area contributed by atoms with Crippen molar-refractivity contribution in [3.8, 4) is 0 Å². The molecule has 1 saturated carbocycles. The molecule has 0 amide bonds. The average Bonchev–Trinajstić information content (AvgIpc) is 2.74. The Labute approximate surface area is 67.6 Å². The minimum atomic E-state index is -0.826. The maximum absolute atomic E-state index is 5.22. The van der Waals surface area contributed by atoms with Gasteiger partial charge in [-0.05, 0) is 12.8 Å². The van der Waals surface area contributed by atoms with Crippen LogP contribution in [0.4, 0.5) is 0 Å². The van der Waals surface area contributed by atoms with E-state index in [0.29, 0.717) is 0 Å². The number of methoxy groups -OCH3 is 3. The van der Waals surface area contributed by atoms with Gasteiger partial charge in [-0.25, -0.2) is 0 Å². The molecule has 0 unspecified atom stereocenters. The van der Waals surface area contributed by atoms with E-state index >= 15 is 0 Å². The lowest BCUT2D eigenvalue weighted by atomic mass is 10.1. The molecule has 11 heavy (non-hydrogen) atoms. The molecule has 1 aliphatic rings. The second kappa shape index (κ2) is 2.73. The molecule has 1 fully saturated rings. The van der Waals surface area contributed by atoms with Gasteiger partial charge in [-0.15, -0.1) is 0 Å². The van der Waals surface area contributed by atoms with Gasteiger partial charge in [-0.1, -0.05) is 6.92 Å². The Morgan fingerprint density at radius 3 is 1.45 bits per heavy atom. The highest BCUT2D eigenvalue weighted by molar-refractivity contribution is 4.96. The number of ether oxygens (including phenoxy) is 3. The van der Waals surface area contributed by atoms with Crippen molar-refractivity contribution in [3.05, 3.63) is 0 Å². The van der Waals surface area contributed by atoms with Crippen molar-refractivity contribution >= 4 is 0 Å². The minimum absolute atomic E-state index is 0.0469. The Morgan fingerprint density at radius 1 is 1.00 bits per heavy atom. The summed E-state index contributed by atoms with van der Waals surface area (Å²) in [5.74, 6) is -0.826. The van der Waals surface area contributed by atoms with Crippen LogP contribution in [0.5, 0.6) is 0 Å². The van der Waals surface area contributed by atoms with Gasteiger partial charge in [0.2, 0.25) is 0 Å². The molecule has 0 atom stereocenters. The Kier molecular flexibility index (Phi) is 2.23. The van der Waals surface area contributed by atoms with Crippen LogP contribution in [0, 0.1) is 5.41 Å². The first-order chi connectivity index (χ1) is 5.14. The van der Waals surface area contributed by atoms with Gasteiger partial charge in [0.1, 0.15) is 0 Å². The lowest BCUT2D eigenvalue weighted by molar-refractivity contribution is -0.384. The predicted molar refractivity (Wildman–Crippen MR) is 41.1 cm³/mol. The summed E-state index contributed by atoms with van der Waals surface area (Å²) in [6, 6.07) is 0. The highest BCUT2D eigenvalue weighted by atomic mass is 16.9. The van der Waals surface area contributed by atoms with Crippen molar-refractivity contribution in [1.82, 2.24) is 0 Å². The molecule has 0 aromatic heterocycles. The van der Waals surface area contributed by atoms with Crippen LogP contribution in [-0.4, -0.2) is 27.3 Å². The van der Waals surface area contributed by atoms with Gasteiger partial charge < -0.3 is 14.2 Å². The molecule has 0 heterocycles. The third-order valence-electron chi connectivity index (χ3n) is 2.55. The zero-order chi connectivity index (χ0) is 8.54. The fourth-order valence-electron chi connectivity index (χ4n) is 1.48. The van der Waals surface area contributed by atoms with E-state index in [4.69, 9.17) is 14.2 Å². The van der Waals surface area contributed by atoms with E-state index in [1.165, 1.54) is 0 Å². The molecule has 0 saturated heterocycles. The summed E-state index contributed by atoms with van der Waals surface area (Å²) in [6.07, 6.45) is 2.20. The summed E-state index contributed by atoms with van der Waals surface area (Å²) >= 11 is 0. The quantitative estimate of drug-likeness (QED) is 0.581. The molecule has 0 aromatic carbocycles. The summed E-state index contributed by atoms with van der Waals surface area (Å²) in [5, 5.41) is 0. The Hall–Kier alpha value is -0.120. The van der Waals surface area contributed by atoms with E-state index in [9.17, 15) is 0 Å². The van der Waals surface area contributed by atoms with Crippen LogP contribution in [0.1, 0.15) is 19.8 Å². The molecule has 0 aromatic rings. The monoisotopic (exact) mass is 160 g/mol. The topological polar surface area (TPSA) is 27.7 Å². The van der Waals surface area contributed by atoms with Gasteiger partial charge in [0, 0.05) is 26.7 Å². The summed E-state index contributed by atoms with van der Waals surface area (Å²) in [4.78, 5) is 0. The first kappa shape index (κ1) is 8.97. The van der Waals surface area contributed by atoms with Gasteiger partial charge >= 0.3 is 0 Å². The van der Waals surface area contributed by atoms with Gasteiger partial charge in [0.05, 0.1) is 0 Å². The lowest BCUT2D eigenvalue weighted by Crippen LogP contribution is -2.44. The first-order valence-electron chi connectivity index (χ1n) is 3.79. The maximum atomic E-state index is 5.22. The molecule has 0 bridgehead atoms. The van der Waals surface area contributed by atoms with E-state index in [2.05, 4.69) is 6.92 Å². The van der Waals surface area contributed by atoms with E-state index in [1.807, 2.05) is 0 Å². The highest BCUT2D eigenvalue weighted by Gasteiger charge is 2.58. The molecular weight excluding hydrogens is 144 g/mol. The standard InChI is InChI=1S/C8H16O3/c1-7(5-6-7)8(9-2,10-3)11-4/h5-6H2,1-4H3.